The van der Waals surface area contributed by atoms with Crippen molar-refractivity contribution in [3.63, 3.8) is 0 Å². The number of alkyl halides is 3. The van der Waals surface area contributed by atoms with Gasteiger partial charge in [-0.2, -0.15) is 13.2 Å². The van der Waals surface area contributed by atoms with Gasteiger partial charge in [0.2, 0.25) is 0 Å². The SMILES string of the molecule is C1CCNCC1.O=C(O)C(F)(F)F.[C-]#[N+]c1ccc2c3c([nH]c2c1)C(C)(C)c1cc(I)c(CC)cc1C3=O.[C-]#[N+]c1ccc2c3c([nH]c2c1)C(C)(C)c1cc(N(C[CH2-])C[CH2-])c(CC)cc1C3=O.[C-]#[N+]c1ccc2c3c([nH]c2c1)C(C)(C)c1cc(N2CCCCC2)c(CC)cc1C3=O.[Y]. The number of aliphatic carboxylic acids is 1. The third-order valence-electron chi connectivity index (χ3n) is 19.8. The molecule has 0 amide bonds. The maximum atomic E-state index is 13.7. The summed E-state index contributed by atoms with van der Waals surface area (Å²) in [4.78, 5) is 75.1. The number of hydrogen-bond donors (Lipinski definition) is 5. The Morgan fingerprint density at radius 2 is 0.918 bits per heavy atom. The molecular formula is C79H81F3IN9O5Y-2. The first-order valence-electron chi connectivity index (χ1n) is 33.2. The Morgan fingerprint density at radius 1 is 0.561 bits per heavy atom. The molecule has 14 nitrogen and oxygen atoms in total. The van der Waals surface area contributed by atoms with Crippen LogP contribution in [0.25, 0.3) is 47.2 Å². The van der Waals surface area contributed by atoms with E-state index in [4.69, 9.17) is 29.6 Å². The van der Waals surface area contributed by atoms with Gasteiger partial charge in [0.1, 0.15) is 0 Å². The van der Waals surface area contributed by atoms with Crippen LogP contribution in [0, 0.1) is 37.1 Å². The minimum Gasteiger partial charge on any atom is -0.475 e. The molecule has 5 N–H and O–H groups in total. The van der Waals surface area contributed by atoms with Crippen molar-refractivity contribution in [1.82, 2.24) is 20.3 Å². The van der Waals surface area contributed by atoms with E-state index >= 15 is 0 Å². The van der Waals surface area contributed by atoms with Gasteiger partial charge in [-0.1, -0.05) is 105 Å². The average Bonchev–Trinajstić information content (AvgIpc) is 1.46. The summed E-state index contributed by atoms with van der Waals surface area (Å²) in [6.45, 7) is 55.2. The third-order valence-corrected chi connectivity index (χ3v) is 20.8. The minimum absolute atomic E-state index is 0. The van der Waals surface area contributed by atoms with E-state index < -0.39 is 12.1 Å². The molecule has 2 aliphatic heterocycles. The van der Waals surface area contributed by atoms with Crippen molar-refractivity contribution in [1.29, 1.82) is 0 Å². The van der Waals surface area contributed by atoms with Gasteiger partial charge in [-0.25, -0.2) is 19.3 Å². The fraction of sp³-hybridized carbons (Fsp3) is 0.354. The van der Waals surface area contributed by atoms with Gasteiger partial charge in [0.05, 0.1) is 36.4 Å². The van der Waals surface area contributed by atoms with Crippen LogP contribution in [0.2, 0.25) is 0 Å². The normalized spacial score (nSPS) is 15.7. The molecule has 3 aromatic heterocycles. The summed E-state index contributed by atoms with van der Waals surface area (Å²) in [5, 5.41) is 13.1. The van der Waals surface area contributed by atoms with Crippen molar-refractivity contribution in [3.8, 4) is 0 Å². The van der Waals surface area contributed by atoms with Crippen molar-refractivity contribution in [3.05, 3.63) is 227 Å². The van der Waals surface area contributed by atoms with Crippen LogP contribution >= 0.6 is 22.6 Å². The van der Waals surface area contributed by atoms with E-state index in [0.29, 0.717) is 30.2 Å². The van der Waals surface area contributed by atoms with Crippen LogP contribution in [-0.2, 0) is 73.0 Å². The van der Waals surface area contributed by atoms with Crippen LogP contribution in [0.5, 0.6) is 0 Å². The summed E-state index contributed by atoms with van der Waals surface area (Å²) >= 11 is 2.36. The number of halogens is 4. The van der Waals surface area contributed by atoms with Crippen molar-refractivity contribution < 1.29 is 70.2 Å². The number of nitrogens with zero attached hydrogens (tertiary/aromatic N) is 5. The number of nitrogens with one attached hydrogen (secondary N) is 4. The molecule has 2 saturated heterocycles. The quantitative estimate of drug-likeness (QED) is 0.0776. The average molecular weight is 1510 g/mol. The summed E-state index contributed by atoms with van der Waals surface area (Å²) in [5.41, 5.74) is 20.0. The summed E-state index contributed by atoms with van der Waals surface area (Å²) < 4.78 is 32.9. The molecule has 0 spiro atoms. The molecule has 0 bridgehead atoms. The first kappa shape index (κ1) is 74.3. The van der Waals surface area contributed by atoms with Crippen LogP contribution < -0.4 is 15.1 Å². The van der Waals surface area contributed by atoms with Gasteiger partial charge in [0.15, 0.2) is 34.4 Å². The number of piperidine rings is 2. The molecule has 505 valence electrons. The maximum absolute atomic E-state index is 13.7. The van der Waals surface area contributed by atoms with Gasteiger partial charge < -0.3 is 49.0 Å². The Morgan fingerprint density at radius 3 is 1.26 bits per heavy atom. The number of aromatic nitrogens is 3. The zero-order chi connectivity index (χ0) is 70.2. The van der Waals surface area contributed by atoms with Crippen molar-refractivity contribution in [2.45, 2.75) is 143 Å². The van der Waals surface area contributed by atoms with Gasteiger partial charge in [-0.15, -0.1) is 13.1 Å². The molecule has 3 aliphatic carbocycles. The van der Waals surface area contributed by atoms with Gasteiger partial charge >= 0.3 is 12.1 Å². The number of benzene rings is 6. The second kappa shape index (κ2) is 29.9. The van der Waals surface area contributed by atoms with E-state index in [0.717, 1.165) is 143 Å². The van der Waals surface area contributed by atoms with Gasteiger partial charge in [-0.3, -0.25) is 14.4 Å². The van der Waals surface area contributed by atoms with Crippen molar-refractivity contribution >= 4 is 107 Å². The Labute approximate surface area is 610 Å². The van der Waals surface area contributed by atoms with E-state index in [1.54, 1.807) is 18.2 Å². The largest absolute Gasteiger partial charge is 0.490 e. The monoisotopic (exact) mass is 1510 g/mol. The van der Waals surface area contributed by atoms with Gasteiger partial charge in [0.25, 0.3) is 0 Å². The first-order valence-corrected chi connectivity index (χ1v) is 34.2. The van der Waals surface area contributed by atoms with Gasteiger partial charge in [0, 0.05) is 143 Å². The third kappa shape index (κ3) is 13.9. The fourth-order valence-corrected chi connectivity index (χ4v) is 15.2. The summed E-state index contributed by atoms with van der Waals surface area (Å²) in [6, 6.07) is 29.4. The molecule has 0 unspecified atom stereocenters. The number of carbonyl (C=O) groups is 4. The molecule has 1 radical (unpaired) electrons. The number of aromatic amines is 3. The van der Waals surface area contributed by atoms with Crippen LogP contribution in [-0.4, -0.2) is 88.8 Å². The van der Waals surface area contributed by atoms with Crippen LogP contribution in [0.3, 0.4) is 0 Å². The number of H-pyrrole nitrogens is 3. The number of carboxylic acids is 1. The topological polar surface area (TPSA) is 167 Å². The van der Waals surface area contributed by atoms with E-state index in [-0.39, 0.29) is 66.3 Å². The molecule has 2 fully saturated rings. The van der Waals surface area contributed by atoms with Crippen molar-refractivity contribution in [2.75, 3.05) is 49.1 Å². The predicted octanol–water partition coefficient (Wildman–Crippen LogP) is 18.9. The molecule has 5 heterocycles. The summed E-state index contributed by atoms with van der Waals surface area (Å²) in [6.07, 6.45) is 5.57. The molecular weight excluding hydrogens is 1430 g/mol. The van der Waals surface area contributed by atoms with E-state index in [1.807, 2.05) is 36.4 Å². The molecule has 9 aromatic rings. The van der Waals surface area contributed by atoms with Crippen LogP contribution in [0.4, 0.5) is 41.6 Å². The number of anilines is 2. The maximum Gasteiger partial charge on any atom is 0.490 e. The molecule has 14 rings (SSSR count). The van der Waals surface area contributed by atoms with Crippen LogP contribution in [0.1, 0.15) is 199 Å². The van der Waals surface area contributed by atoms with Gasteiger partial charge in [-0.05, 0) is 175 Å². The van der Waals surface area contributed by atoms with E-state index in [1.165, 1.54) is 72.0 Å². The predicted molar refractivity (Wildman–Crippen MR) is 390 cm³/mol. The summed E-state index contributed by atoms with van der Waals surface area (Å²) in [7, 11) is 0. The zero-order valence-corrected chi connectivity index (χ0v) is 62.1. The number of carboxylic acid groups (broad SMARTS) is 1. The van der Waals surface area contributed by atoms with E-state index in [2.05, 4.69) is 180 Å². The minimum atomic E-state index is -5.08. The number of fused-ring (bicyclic) bond motifs is 12. The number of aryl methyl sites for hydroxylation is 3. The molecule has 0 saturated carbocycles. The first-order chi connectivity index (χ1) is 46.1. The Hall–Kier alpha value is -7.93. The smallest absolute Gasteiger partial charge is 0.475 e. The van der Waals surface area contributed by atoms with Crippen molar-refractivity contribution in [2.24, 2.45) is 0 Å². The number of carbonyl (C=O) groups excluding carboxylic acids is 3. The number of ketones is 3. The summed E-state index contributed by atoms with van der Waals surface area (Å²) in [5.74, 6) is -2.53. The molecule has 98 heavy (non-hydrogen) atoms. The molecule has 19 heteroatoms. The zero-order valence-electron chi connectivity index (χ0n) is 57.1. The molecule has 5 aliphatic rings. The fourth-order valence-electron chi connectivity index (χ4n) is 14.4. The second-order valence-corrected chi connectivity index (χ2v) is 27.9. The molecule has 6 aromatic carbocycles. The van der Waals surface area contributed by atoms with Crippen LogP contribution in [0.15, 0.2) is 91.0 Å². The Balaban J connectivity index is 0.000000157. The van der Waals surface area contributed by atoms with E-state index in [9.17, 15) is 27.6 Å². The number of hydrogen-bond acceptors (Lipinski definition) is 7. The molecule has 0 atom stereocenters. The number of rotatable bonds is 7. The Kier molecular flexibility index (Phi) is 22.7. The Bertz CT molecular complexity index is 4740. The second-order valence-electron chi connectivity index (χ2n) is 26.8. The standard InChI is InChI=1S/C26H27N3O.C25H25N3O.C21H17IN2O.C5H11N.C2HF3O2.Y/c1-5-16-13-19-20(15-22(16)29-11-7-6-8-12-29)26(2,3)25-23(24(19)30)18-10-9-17(27-4)14-21(18)28-25;1-7-15-12-18-19(14-21(15)28(8-2)9-3)25(4,5)24-22(23(18)29)17-11-10-16(26-6)13-20(17)27-24;1-5-11-8-14-15(10-16(11)22)21(2,3)20-18(19(14)25)13-7-6-12(23-4)9-17(13)24-20;1-2-4-6-5-3-1;3-2(4,5)1(6)7;/h9-10,13-15,28H,5-8,11-12H2,1-3H3;10-14,27H,2-3,7-9H2,1,4-5H3;6-10,24H,5H2,1-3H3;6H,1-5H2;(H,6,7);/q;-2;;;;.